The highest BCUT2D eigenvalue weighted by molar-refractivity contribution is 5.67. The second kappa shape index (κ2) is 3.56. The summed E-state index contributed by atoms with van der Waals surface area (Å²) in [5.41, 5.74) is 0. The monoisotopic (exact) mass is 142 g/mol. The summed E-state index contributed by atoms with van der Waals surface area (Å²) in [7, 11) is 0. The highest BCUT2D eigenvalue weighted by Gasteiger charge is 2.15. The minimum atomic E-state index is -0.680. The number of piperidine rings is 1. The molecule has 1 aliphatic rings. The highest BCUT2D eigenvalue weighted by Crippen LogP contribution is 2.16. The second-order valence-corrected chi connectivity index (χ2v) is 2.65. The van der Waals surface area contributed by atoms with Crippen LogP contribution in [0.3, 0.4) is 0 Å². The summed E-state index contributed by atoms with van der Waals surface area (Å²) in [6.45, 7) is 2.88. The van der Waals surface area contributed by atoms with Crippen LogP contribution in [0.15, 0.2) is 0 Å². The Balaban J connectivity index is 2.19. The van der Waals surface area contributed by atoms with E-state index in [0.29, 0.717) is 12.3 Å². The third-order valence-electron chi connectivity index (χ3n) is 1.76. The topological polar surface area (TPSA) is 49.3 Å². The average molecular weight is 142 g/mol. The van der Waals surface area contributed by atoms with Crippen LogP contribution in [0.25, 0.3) is 0 Å². The summed E-state index contributed by atoms with van der Waals surface area (Å²) in [6.07, 6.45) is 2.20. The first-order valence-corrected chi connectivity index (χ1v) is 3.56. The van der Waals surface area contributed by atoms with Crippen LogP contribution in [0.5, 0.6) is 0 Å². The molecule has 3 heteroatoms. The van der Waals surface area contributed by atoms with Crippen molar-refractivity contribution in [3.05, 3.63) is 6.54 Å². The van der Waals surface area contributed by atoms with Gasteiger partial charge in [-0.1, -0.05) is 0 Å². The summed E-state index contributed by atoms with van der Waals surface area (Å²) < 4.78 is 0. The molecule has 57 valence electrons. The highest BCUT2D eigenvalue weighted by atomic mass is 16.4. The normalized spacial score (nSPS) is 20.8. The van der Waals surface area contributed by atoms with Crippen molar-refractivity contribution in [2.75, 3.05) is 6.54 Å². The van der Waals surface area contributed by atoms with Gasteiger partial charge >= 0.3 is 5.97 Å². The number of rotatable bonds is 2. The maximum absolute atomic E-state index is 10.2. The molecule has 2 N–H and O–H groups in total. The first kappa shape index (κ1) is 7.54. The van der Waals surface area contributed by atoms with Crippen LogP contribution in [0.2, 0.25) is 0 Å². The number of hydrogen-bond acceptors (Lipinski definition) is 2. The fourth-order valence-electron chi connectivity index (χ4n) is 1.19. The van der Waals surface area contributed by atoms with Gasteiger partial charge in [-0.2, -0.15) is 0 Å². The van der Waals surface area contributed by atoms with Crippen molar-refractivity contribution >= 4 is 5.97 Å². The molecule has 0 saturated carbocycles. The SMILES string of the molecule is O=C(O)CC1C[CH]NCC1. The summed E-state index contributed by atoms with van der Waals surface area (Å²) >= 11 is 0. The van der Waals surface area contributed by atoms with Gasteiger partial charge < -0.3 is 10.4 Å². The quantitative estimate of drug-likeness (QED) is 0.594. The number of carboxylic acid groups (broad SMARTS) is 1. The Hall–Kier alpha value is -0.570. The van der Waals surface area contributed by atoms with Gasteiger partial charge in [0, 0.05) is 13.0 Å². The van der Waals surface area contributed by atoms with Crippen molar-refractivity contribution < 1.29 is 9.90 Å². The molecule has 0 amide bonds. The first-order chi connectivity index (χ1) is 4.79. The van der Waals surface area contributed by atoms with E-state index in [9.17, 15) is 4.79 Å². The van der Waals surface area contributed by atoms with Crippen molar-refractivity contribution in [1.82, 2.24) is 5.32 Å². The van der Waals surface area contributed by atoms with Crippen LogP contribution < -0.4 is 5.32 Å². The van der Waals surface area contributed by atoms with Crippen molar-refractivity contribution in [3.63, 3.8) is 0 Å². The Bertz CT molecular complexity index is 119. The van der Waals surface area contributed by atoms with Crippen molar-refractivity contribution in [2.45, 2.75) is 19.3 Å². The molecule has 3 nitrogen and oxygen atoms in total. The molecule has 1 atom stereocenters. The van der Waals surface area contributed by atoms with Gasteiger partial charge in [-0.15, -0.1) is 0 Å². The fraction of sp³-hybridized carbons (Fsp3) is 0.714. The molecular formula is C7H12NO2. The van der Waals surface area contributed by atoms with Gasteiger partial charge in [0.2, 0.25) is 0 Å². The minimum absolute atomic E-state index is 0.318. The largest absolute Gasteiger partial charge is 0.481 e. The Kier molecular flexibility index (Phi) is 2.68. The Morgan fingerprint density at radius 2 is 2.60 bits per heavy atom. The molecule has 1 fully saturated rings. The van der Waals surface area contributed by atoms with Crippen LogP contribution in [0.1, 0.15) is 19.3 Å². The molecule has 1 aliphatic heterocycles. The maximum atomic E-state index is 10.2. The number of hydrogen-bond donors (Lipinski definition) is 2. The Morgan fingerprint density at radius 1 is 1.80 bits per heavy atom. The van der Waals surface area contributed by atoms with E-state index in [1.54, 1.807) is 0 Å². The second-order valence-electron chi connectivity index (χ2n) is 2.65. The van der Waals surface area contributed by atoms with E-state index in [2.05, 4.69) is 5.32 Å². The zero-order chi connectivity index (χ0) is 7.40. The van der Waals surface area contributed by atoms with Gasteiger partial charge in [0.1, 0.15) is 0 Å². The average Bonchev–Trinajstić information content (AvgIpc) is 1.88. The lowest BCUT2D eigenvalue weighted by Crippen LogP contribution is -2.24. The first-order valence-electron chi connectivity index (χ1n) is 3.56. The number of carboxylic acids is 1. The van der Waals surface area contributed by atoms with Crippen LogP contribution in [0, 0.1) is 12.5 Å². The Morgan fingerprint density at radius 3 is 3.10 bits per heavy atom. The van der Waals surface area contributed by atoms with Gasteiger partial charge in [0.05, 0.1) is 0 Å². The molecule has 1 heterocycles. The molecule has 1 rings (SSSR count). The minimum Gasteiger partial charge on any atom is -0.481 e. The zero-order valence-electron chi connectivity index (χ0n) is 5.84. The lowest BCUT2D eigenvalue weighted by atomic mass is 9.95. The molecule has 1 unspecified atom stereocenters. The van der Waals surface area contributed by atoms with Crippen molar-refractivity contribution in [2.24, 2.45) is 5.92 Å². The van der Waals surface area contributed by atoms with Gasteiger partial charge in [-0.25, -0.2) is 0 Å². The third-order valence-corrected chi connectivity index (χ3v) is 1.76. The van der Waals surface area contributed by atoms with E-state index >= 15 is 0 Å². The van der Waals surface area contributed by atoms with E-state index in [1.165, 1.54) is 0 Å². The number of carbonyl (C=O) groups is 1. The molecule has 0 bridgehead atoms. The van der Waals surface area contributed by atoms with E-state index in [-0.39, 0.29) is 0 Å². The van der Waals surface area contributed by atoms with Crippen molar-refractivity contribution in [1.29, 1.82) is 0 Å². The van der Waals surface area contributed by atoms with Gasteiger partial charge in [0.25, 0.3) is 0 Å². The molecule has 0 aromatic heterocycles. The summed E-state index contributed by atoms with van der Waals surface area (Å²) in [4.78, 5) is 10.2. The van der Waals surface area contributed by atoms with Crippen LogP contribution >= 0.6 is 0 Å². The number of aliphatic carboxylic acids is 1. The smallest absolute Gasteiger partial charge is 0.303 e. The molecule has 1 saturated heterocycles. The van der Waals surface area contributed by atoms with Crippen molar-refractivity contribution in [3.8, 4) is 0 Å². The molecule has 0 aliphatic carbocycles. The standard InChI is InChI=1S/C7H12NO2/c9-7(10)5-6-1-3-8-4-2-6/h3,6,8H,1-2,4-5H2,(H,9,10). The van der Waals surface area contributed by atoms with E-state index in [0.717, 1.165) is 19.4 Å². The van der Waals surface area contributed by atoms with Gasteiger partial charge in [0.15, 0.2) is 0 Å². The lowest BCUT2D eigenvalue weighted by Gasteiger charge is -2.19. The lowest BCUT2D eigenvalue weighted by molar-refractivity contribution is -0.138. The molecule has 0 aromatic rings. The summed E-state index contributed by atoms with van der Waals surface area (Å²) in [6, 6.07) is 0. The third kappa shape index (κ3) is 2.35. The van der Waals surface area contributed by atoms with Crippen LogP contribution in [0.4, 0.5) is 0 Å². The summed E-state index contributed by atoms with van der Waals surface area (Å²) in [5.74, 6) is -0.320. The van der Waals surface area contributed by atoms with E-state index in [4.69, 9.17) is 5.11 Å². The fourth-order valence-corrected chi connectivity index (χ4v) is 1.19. The van der Waals surface area contributed by atoms with Gasteiger partial charge in [-0.05, 0) is 25.3 Å². The molecule has 0 aromatic carbocycles. The summed E-state index contributed by atoms with van der Waals surface area (Å²) in [5, 5.41) is 11.5. The Labute approximate surface area is 60.4 Å². The molecule has 10 heavy (non-hydrogen) atoms. The number of nitrogens with one attached hydrogen (secondary N) is 1. The predicted molar refractivity (Wildman–Crippen MR) is 37.3 cm³/mol. The van der Waals surface area contributed by atoms with E-state index in [1.807, 2.05) is 6.54 Å². The molecule has 0 spiro atoms. The van der Waals surface area contributed by atoms with E-state index < -0.39 is 5.97 Å². The maximum Gasteiger partial charge on any atom is 0.303 e. The zero-order valence-corrected chi connectivity index (χ0v) is 5.84. The van der Waals surface area contributed by atoms with Crippen LogP contribution in [-0.4, -0.2) is 17.6 Å². The predicted octanol–water partition coefficient (Wildman–Crippen LogP) is 0.622. The molecular weight excluding hydrogens is 130 g/mol. The molecule has 1 radical (unpaired) electrons. The van der Waals surface area contributed by atoms with Crippen LogP contribution in [-0.2, 0) is 4.79 Å². The van der Waals surface area contributed by atoms with Gasteiger partial charge in [-0.3, -0.25) is 4.79 Å².